The number of hydrogen-bond donors (Lipinski definition) is 5. The zero-order valence-corrected chi connectivity index (χ0v) is 25.0. The topological polar surface area (TPSA) is 152 Å². The molecule has 2 aromatic carbocycles. The lowest BCUT2D eigenvalue weighted by Gasteiger charge is -2.43. The van der Waals surface area contributed by atoms with Crippen LogP contribution >= 0.6 is 11.6 Å². The molecule has 228 valence electrons. The number of unbranched alkanes of at least 4 members (excludes halogenated alkanes) is 1. The van der Waals surface area contributed by atoms with Gasteiger partial charge < -0.3 is 30.9 Å². The number of carbonyl (C=O) groups is 3. The van der Waals surface area contributed by atoms with E-state index in [1.54, 1.807) is 24.3 Å². The van der Waals surface area contributed by atoms with Crippen molar-refractivity contribution < 1.29 is 19.5 Å². The van der Waals surface area contributed by atoms with Crippen LogP contribution in [0.2, 0.25) is 5.02 Å². The second-order valence-corrected chi connectivity index (χ2v) is 11.1. The summed E-state index contributed by atoms with van der Waals surface area (Å²) in [6.45, 7) is 5.64. The number of carboxylic acid groups (broad SMARTS) is 1. The van der Waals surface area contributed by atoms with Crippen LogP contribution in [0.5, 0.6) is 0 Å². The summed E-state index contributed by atoms with van der Waals surface area (Å²) in [6, 6.07) is 13.6. The molecule has 0 aliphatic carbocycles. The van der Waals surface area contributed by atoms with Gasteiger partial charge in [0.25, 0.3) is 0 Å². The minimum atomic E-state index is -1.09. The summed E-state index contributed by atoms with van der Waals surface area (Å²) in [5.74, 6) is -0.977. The standard InChI is InChI=1S/C32H34ClN7O4/c1-3-5-10-27-23(30(42)37-20-13-11-19(12-14-20)36-28(41)4-2)15-21(18-40(27)32(43)44)38-31-35-17-25(33)29(39-31)24-16-34-26-9-7-6-8-22(24)26/h4,6-9,11-14,16-17,21,23,27,34H,2-3,5,10,15,18H2,1H3,(H,36,41)(H,37,42)(H,43,44)(H,35,38,39). The van der Waals surface area contributed by atoms with Crippen LogP contribution in [0.3, 0.4) is 0 Å². The molecule has 5 rings (SSSR count). The molecule has 2 aromatic heterocycles. The maximum atomic E-state index is 13.7. The minimum absolute atomic E-state index is 0.166. The van der Waals surface area contributed by atoms with Gasteiger partial charge in [-0.2, -0.15) is 0 Å². The van der Waals surface area contributed by atoms with E-state index >= 15 is 0 Å². The average molecular weight is 616 g/mol. The van der Waals surface area contributed by atoms with Crippen LogP contribution in [-0.2, 0) is 9.59 Å². The Bertz CT molecular complexity index is 1670. The van der Waals surface area contributed by atoms with Gasteiger partial charge in [0.1, 0.15) is 0 Å². The Labute approximate surface area is 259 Å². The first-order valence-corrected chi connectivity index (χ1v) is 14.8. The van der Waals surface area contributed by atoms with Gasteiger partial charge in [0.05, 0.1) is 22.8 Å². The first-order valence-electron chi connectivity index (χ1n) is 14.5. The van der Waals surface area contributed by atoms with Crippen LogP contribution in [0.15, 0.2) is 73.6 Å². The second-order valence-electron chi connectivity index (χ2n) is 10.7. The Kier molecular flexibility index (Phi) is 9.44. The first kappa shape index (κ1) is 30.6. The SMILES string of the molecule is C=CC(=O)Nc1ccc(NC(=O)C2CC(Nc3ncc(Cl)c(-c4c[nH]c5ccccc45)n3)CN(C(=O)O)C2CCCC)cc1. The third kappa shape index (κ3) is 6.84. The number of rotatable bonds is 10. The number of nitrogens with zero attached hydrogens (tertiary/aromatic N) is 3. The fraction of sp³-hybridized carbons (Fsp3) is 0.281. The molecular formula is C32H34ClN7O4. The number of H-pyrrole nitrogens is 1. The fourth-order valence-electron chi connectivity index (χ4n) is 5.65. The van der Waals surface area contributed by atoms with E-state index in [9.17, 15) is 19.5 Å². The van der Waals surface area contributed by atoms with Crippen LogP contribution in [0.4, 0.5) is 22.1 Å². The van der Waals surface area contributed by atoms with E-state index < -0.39 is 24.1 Å². The summed E-state index contributed by atoms with van der Waals surface area (Å²) in [6.07, 6.45) is 6.01. The molecule has 1 aliphatic rings. The van der Waals surface area contributed by atoms with Gasteiger partial charge in [-0.3, -0.25) is 9.59 Å². The molecule has 44 heavy (non-hydrogen) atoms. The normalized spacial score (nSPS) is 18.0. The Morgan fingerprint density at radius 3 is 2.57 bits per heavy atom. The highest BCUT2D eigenvalue weighted by Gasteiger charge is 2.42. The van der Waals surface area contributed by atoms with E-state index in [0.717, 1.165) is 29.3 Å². The van der Waals surface area contributed by atoms with Crippen molar-refractivity contribution in [3.63, 3.8) is 0 Å². The van der Waals surface area contributed by atoms with Crippen LogP contribution in [0.25, 0.3) is 22.2 Å². The molecule has 0 spiro atoms. The maximum Gasteiger partial charge on any atom is 0.407 e. The van der Waals surface area contributed by atoms with Crippen molar-refractivity contribution in [1.29, 1.82) is 0 Å². The fourth-order valence-corrected chi connectivity index (χ4v) is 5.84. The van der Waals surface area contributed by atoms with Crippen molar-refractivity contribution in [3.05, 3.63) is 78.6 Å². The van der Waals surface area contributed by atoms with Crippen LogP contribution in [0.1, 0.15) is 32.6 Å². The van der Waals surface area contributed by atoms with Crippen molar-refractivity contribution in [2.75, 3.05) is 22.5 Å². The number of anilines is 3. The van der Waals surface area contributed by atoms with E-state index in [-0.39, 0.29) is 24.3 Å². The largest absolute Gasteiger partial charge is 0.465 e. The van der Waals surface area contributed by atoms with Gasteiger partial charge in [-0.1, -0.05) is 56.1 Å². The molecule has 1 aliphatic heterocycles. The molecule has 3 unspecified atom stereocenters. The van der Waals surface area contributed by atoms with Crippen molar-refractivity contribution in [1.82, 2.24) is 19.9 Å². The number of halogens is 1. The molecule has 11 nitrogen and oxygen atoms in total. The molecule has 3 amide bonds. The lowest BCUT2D eigenvalue weighted by molar-refractivity contribution is -0.123. The molecule has 1 fully saturated rings. The number of para-hydroxylation sites is 1. The van der Waals surface area contributed by atoms with E-state index in [4.69, 9.17) is 16.6 Å². The van der Waals surface area contributed by atoms with Gasteiger partial charge in [-0.15, -0.1) is 0 Å². The average Bonchev–Trinajstić information content (AvgIpc) is 3.45. The summed E-state index contributed by atoms with van der Waals surface area (Å²) in [5.41, 5.74) is 3.39. The maximum absolute atomic E-state index is 13.7. The first-order chi connectivity index (χ1) is 21.3. The van der Waals surface area contributed by atoms with E-state index in [1.807, 2.05) is 37.4 Å². The number of aromatic nitrogens is 3. The van der Waals surface area contributed by atoms with Gasteiger partial charge in [-0.25, -0.2) is 14.8 Å². The lowest BCUT2D eigenvalue weighted by Crippen LogP contribution is -2.57. The predicted octanol–water partition coefficient (Wildman–Crippen LogP) is 6.38. The van der Waals surface area contributed by atoms with Gasteiger partial charge in [-0.05, 0) is 49.2 Å². The molecule has 12 heteroatoms. The highest BCUT2D eigenvalue weighted by atomic mass is 35.5. The quantitative estimate of drug-likeness (QED) is 0.130. The summed E-state index contributed by atoms with van der Waals surface area (Å²) in [4.78, 5) is 51.4. The summed E-state index contributed by atoms with van der Waals surface area (Å²) >= 11 is 6.52. The lowest BCUT2D eigenvalue weighted by atomic mass is 9.83. The number of benzene rings is 2. The summed E-state index contributed by atoms with van der Waals surface area (Å²) in [5, 5.41) is 20.4. The molecule has 3 heterocycles. The molecule has 3 atom stereocenters. The Morgan fingerprint density at radius 1 is 1.14 bits per heavy atom. The van der Waals surface area contributed by atoms with E-state index in [2.05, 4.69) is 32.5 Å². The Balaban J connectivity index is 1.38. The number of hydrogen-bond acceptors (Lipinski definition) is 6. The number of likely N-dealkylation sites (tertiary alicyclic amines) is 1. The predicted molar refractivity (Wildman–Crippen MR) is 172 cm³/mol. The van der Waals surface area contributed by atoms with Crippen LogP contribution in [0, 0.1) is 5.92 Å². The van der Waals surface area contributed by atoms with Crippen molar-refractivity contribution >= 4 is 57.7 Å². The van der Waals surface area contributed by atoms with Crippen LogP contribution < -0.4 is 16.0 Å². The summed E-state index contributed by atoms with van der Waals surface area (Å²) in [7, 11) is 0. The van der Waals surface area contributed by atoms with Gasteiger partial charge in [0.15, 0.2) is 0 Å². The Morgan fingerprint density at radius 2 is 1.86 bits per heavy atom. The smallest absolute Gasteiger partial charge is 0.407 e. The zero-order chi connectivity index (χ0) is 31.2. The molecule has 0 bridgehead atoms. The third-order valence-electron chi connectivity index (χ3n) is 7.78. The molecule has 4 aromatic rings. The van der Waals surface area contributed by atoms with E-state index in [0.29, 0.717) is 34.9 Å². The van der Waals surface area contributed by atoms with Crippen molar-refractivity contribution in [2.45, 2.75) is 44.7 Å². The minimum Gasteiger partial charge on any atom is -0.465 e. The van der Waals surface area contributed by atoms with E-state index in [1.165, 1.54) is 17.2 Å². The highest BCUT2D eigenvalue weighted by Crippen LogP contribution is 2.34. The molecule has 0 radical (unpaired) electrons. The number of carbonyl (C=O) groups excluding carboxylic acids is 2. The van der Waals surface area contributed by atoms with Crippen molar-refractivity contribution in [2.24, 2.45) is 5.92 Å². The highest BCUT2D eigenvalue weighted by molar-refractivity contribution is 6.33. The number of amides is 3. The monoisotopic (exact) mass is 615 g/mol. The third-order valence-corrected chi connectivity index (χ3v) is 8.06. The Hall–Kier alpha value is -4.90. The number of aromatic amines is 1. The van der Waals surface area contributed by atoms with Gasteiger partial charge in [0.2, 0.25) is 17.8 Å². The van der Waals surface area contributed by atoms with Gasteiger partial charge >= 0.3 is 6.09 Å². The van der Waals surface area contributed by atoms with Crippen LogP contribution in [-0.4, -0.2) is 61.5 Å². The zero-order valence-electron chi connectivity index (χ0n) is 24.2. The van der Waals surface area contributed by atoms with Gasteiger partial charge in [0, 0.05) is 52.7 Å². The second kappa shape index (κ2) is 13.6. The number of piperidine rings is 1. The molecule has 1 saturated heterocycles. The molecule has 5 N–H and O–H groups in total. The molecule has 0 saturated carbocycles. The number of nitrogens with one attached hydrogen (secondary N) is 4. The summed E-state index contributed by atoms with van der Waals surface area (Å²) < 4.78 is 0. The van der Waals surface area contributed by atoms with Crippen molar-refractivity contribution in [3.8, 4) is 11.3 Å². The number of fused-ring (bicyclic) bond motifs is 1. The molecular weight excluding hydrogens is 582 g/mol.